The Bertz CT molecular complexity index is 1660. The minimum absolute atomic E-state index is 0.0468. The van der Waals surface area contributed by atoms with Gasteiger partial charge >= 0.3 is 5.97 Å². The van der Waals surface area contributed by atoms with E-state index in [1.165, 1.54) is 31.4 Å². The molecule has 0 radical (unpaired) electrons. The van der Waals surface area contributed by atoms with Gasteiger partial charge in [0.05, 0.1) is 47.0 Å². The van der Waals surface area contributed by atoms with Crippen molar-refractivity contribution >= 4 is 41.4 Å². The van der Waals surface area contributed by atoms with E-state index in [-0.39, 0.29) is 29.9 Å². The molecule has 1 aliphatic carbocycles. The number of carbonyl (C=O) groups is 7. The number of esters is 1. The summed E-state index contributed by atoms with van der Waals surface area (Å²) >= 11 is 0. The Kier molecular flexibility index (Phi) is 17.4. The molecule has 6 amide bonds. The number of primary amides is 1. The molecule has 0 unspecified atom stereocenters. The van der Waals surface area contributed by atoms with E-state index < -0.39 is 78.4 Å². The maximum Gasteiger partial charge on any atom is 0.337 e. The average Bonchev–Trinajstić information content (AvgIpc) is 3.71. The maximum atomic E-state index is 13.9. The molecule has 1 aliphatic rings. The third-order valence-electron chi connectivity index (χ3n) is 9.55. The van der Waals surface area contributed by atoms with Gasteiger partial charge in [-0.25, -0.2) is 4.79 Å². The van der Waals surface area contributed by atoms with Crippen molar-refractivity contribution in [3.8, 4) is 0 Å². The summed E-state index contributed by atoms with van der Waals surface area (Å²) < 4.78 is 5.39. The normalized spacial score (nSPS) is 15.6. The Labute approximate surface area is 327 Å². The van der Waals surface area contributed by atoms with Gasteiger partial charge in [0.25, 0.3) is 11.8 Å². The van der Waals surface area contributed by atoms with Crippen LogP contribution >= 0.6 is 0 Å². The van der Waals surface area contributed by atoms with Crippen LogP contribution < -0.4 is 38.1 Å². The summed E-state index contributed by atoms with van der Waals surface area (Å²) in [4.78, 5) is 91.2. The minimum Gasteiger partial charge on any atom is -0.465 e. The van der Waals surface area contributed by atoms with E-state index in [9.17, 15) is 38.7 Å². The Hall–Kier alpha value is -5.39. The maximum absolute atomic E-state index is 13.9. The van der Waals surface area contributed by atoms with Crippen LogP contribution in [0.15, 0.2) is 54.6 Å². The number of aliphatic hydroxyl groups excluding tert-OH is 1. The SMILES string of the molecule is COC(=O)c1ccc(C(=O)N[C@@H](Cc2ccccc2)C(=O)N[C@@H](N)C(=O)N[C@H](C(=O)N[C@@H](CCCC[N+](C)(C)C)C(=O)N[C@H](CO)C(N)=O)C2CCCC2)cc1. The van der Waals surface area contributed by atoms with Gasteiger partial charge in [-0.2, -0.15) is 0 Å². The topological polar surface area (TPSA) is 261 Å². The number of rotatable bonds is 21. The van der Waals surface area contributed by atoms with Gasteiger partial charge in [0.2, 0.25) is 23.6 Å². The average molecular weight is 782 g/mol. The standard InChI is InChI=1S/C39H56N8O9/c1-47(2,3)21-11-10-16-28(35(51)44-30(23-48)33(41)49)42-37(53)31(25-14-8-9-15-25)45-38(54)32(40)46-36(52)29(22-24-12-6-5-7-13-24)43-34(50)26-17-19-27(20-18-26)39(55)56-4/h5-7,12-13,17-20,25,28-32,48H,8-11,14-16,21-23,40H2,1-4H3,(H6-,41,42,43,44,45,46,49,50,51,52,53,54)/p+1/t28-,29-,30+,31-,32+/m0/s1. The first-order valence-electron chi connectivity index (χ1n) is 18.7. The highest BCUT2D eigenvalue weighted by atomic mass is 16.5. The van der Waals surface area contributed by atoms with Crippen molar-refractivity contribution in [2.24, 2.45) is 17.4 Å². The second-order valence-corrected chi connectivity index (χ2v) is 15.0. The van der Waals surface area contributed by atoms with Gasteiger partial charge in [0.1, 0.15) is 24.2 Å². The van der Waals surface area contributed by atoms with Gasteiger partial charge in [-0.05, 0) is 67.9 Å². The fourth-order valence-electron chi connectivity index (χ4n) is 6.37. The fraction of sp³-hybridized carbons (Fsp3) is 0.513. The molecule has 0 aliphatic heterocycles. The molecule has 5 atom stereocenters. The third kappa shape index (κ3) is 14.4. The molecule has 17 heteroatoms. The van der Waals surface area contributed by atoms with E-state index in [1.54, 1.807) is 30.3 Å². The Morgan fingerprint density at radius 3 is 1.91 bits per heavy atom. The second kappa shape index (κ2) is 21.6. The number of quaternary nitrogens is 1. The molecular weight excluding hydrogens is 724 g/mol. The molecule has 3 rings (SSSR count). The fourth-order valence-corrected chi connectivity index (χ4v) is 6.37. The summed E-state index contributed by atoms with van der Waals surface area (Å²) in [5.41, 5.74) is 12.6. The van der Waals surface area contributed by atoms with Crippen molar-refractivity contribution in [2.75, 3.05) is 41.4 Å². The number of unbranched alkanes of at least 4 members (excludes halogenated alkanes) is 1. The second-order valence-electron chi connectivity index (χ2n) is 15.0. The number of ether oxygens (including phenoxy) is 1. The predicted octanol–water partition coefficient (Wildman–Crippen LogP) is -0.786. The first-order chi connectivity index (χ1) is 26.5. The van der Waals surface area contributed by atoms with Gasteiger partial charge in [0.15, 0.2) is 6.17 Å². The summed E-state index contributed by atoms with van der Waals surface area (Å²) in [6, 6.07) is 9.75. The molecule has 56 heavy (non-hydrogen) atoms. The molecule has 0 saturated heterocycles. The zero-order valence-electron chi connectivity index (χ0n) is 32.5. The highest BCUT2D eigenvalue weighted by Crippen LogP contribution is 2.28. The Balaban J connectivity index is 1.76. The van der Waals surface area contributed by atoms with Gasteiger partial charge in [-0.15, -0.1) is 0 Å². The number of benzene rings is 2. The van der Waals surface area contributed by atoms with Crippen LogP contribution in [0.1, 0.15) is 71.2 Å². The van der Waals surface area contributed by atoms with Gasteiger partial charge in [-0.1, -0.05) is 43.2 Å². The van der Waals surface area contributed by atoms with E-state index >= 15 is 0 Å². The predicted molar refractivity (Wildman–Crippen MR) is 206 cm³/mol. The third-order valence-corrected chi connectivity index (χ3v) is 9.55. The highest BCUT2D eigenvalue weighted by Gasteiger charge is 2.36. The van der Waals surface area contributed by atoms with Gasteiger partial charge in [-0.3, -0.25) is 28.8 Å². The van der Waals surface area contributed by atoms with Crippen molar-refractivity contribution in [1.29, 1.82) is 0 Å². The lowest BCUT2D eigenvalue weighted by atomic mass is 9.96. The number of hydrogen-bond acceptors (Lipinski definition) is 10. The Morgan fingerprint density at radius 2 is 1.34 bits per heavy atom. The molecular formula is C39H57N8O9+. The van der Waals surface area contributed by atoms with E-state index in [4.69, 9.17) is 16.2 Å². The summed E-state index contributed by atoms with van der Waals surface area (Å²) in [5, 5.41) is 22.5. The highest BCUT2D eigenvalue weighted by molar-refractivity contribution is 6.00. The van der Waals surface area contributed by atoms with Gasteiger partial charge < -0.3 is 52.4 Å². The first kappa shape index (κ1) is 45.0. The smallest absolute Gasteiger partial charge is 0.337 e. The molecule has 0 bridgehead atoms. The van der Waals surface area contributed by atoms with Crippen LogP contribution in [0.3, 0.4) is 0 Å². The van der Waals surface area contributed by atoms with Crippen LogP contribution in [0, 0.1) is 5.92 Å². The lowest BCUT2D eigenvalue weighted by molar-refractivity contribution is -0.870. The summed E-state index contributed by atoms with van der Waals surface area (Å²) in [6.45, 7) is 0.0703. The van der Waals surface area contributed by atoms with Crippen molar-refractivity contribution in [2.45, 2.75) is 81.7 Å². The molecule has 2 aromatic rings. The molecule has 1 fully saturated rings. The summed E-state index contributed by atoms with van der Waals surface area (Å²) in [5.74, 6) is -5.44. The van der Waals surface area contributed by atoms with Crippen LogP contribution in [-0.4, -0.2) is 123 Å². The number of nitrogens with zero attached hydrogens (tertiary/aromatic N) is 1. The number of hydrogen-bond donors (Lipinski definition) is 8. The van der Waals surface area contributed by atoms with Crippen molar-refractivity contribution in [3.63, 3.8) is 0 Å². The van der Waals surface area contributed by atoms with E-state index in [2.05, 4.69) is 26.6 Å². The number of amides is 6. The summed E-state index contributed by atoms with van der Waals surface area (Å²) in [6.07, 6.45) is 2.74. The molecule has 306 valence electrons. The van der Waals surface area contributed by atoms with E-state index in [1.807, 2.05) is 21.1 Å². The van der Waals surface area contributed by atoms with Crippen LogP contribution in [0.4, 0.5) is 0 Å². The number of carbonyl (C=O) groups excluding carboxylic acids is 7. The number of nitrogens with one attached hydrogen (secondary N) is 5. The molecule has 10 N–H and O–H groups in total. The molecule has 1 saturated carbocycles. The van der Waals surface area contributed by atoms with E-state index in [0.717, 1.165) is 25.8 Å². The number of nitrogens with two attached hydrogens (primary N) is 2. The monoisotopic (exact) mass is 781 g/mol. The molecule has 0 spiro atoms. The van der Waals surface area contributed by atoms with Crippen LogP contribution in [0.5, 0.6) is 0 Å². The zero-order chi connectivity index (χ0) is 41.4. The van der Waals surface area contributed by atoms with E-state index in [0.29, 0.717) is 29.3 Å². The number of aliphatic hydroxyl groups is 1. The lowest BCUT2D eigenvalue weighted by Gasteiger charge is -2.29. The largest absolute Gasteiger partial charge is 0.465 e. The molecule has 0 heterocycles. The van der Waals surface area contributed by atoms with Crippen LogP contribution in [-0.2, 0) is 35.1 Å². The number of methoxy groups -OCH3 is 1. The van der Waals surface area contributed by atoms with Crippen molar-refractivity contribution < 1.29 is 47.9 Å². The summed E-state index contributed by atoms with van der Waals surface area (Å²) in [7, 11) is 7.32. The molecule has 17 nitrogen and oxygen atoms in total. The van der Waals surface area contributed by atoms with Gasteiger partial charge in [0, 0.05) is 12.0 Å². The van der Waals surface area contributed by atoms with Crippen molar-refractivity contribution in [3.05, 3.63) is 71.3 Å². The van der Waals surface area contributed by atoms with Crippen molar-refractivity contribution in [1.82, 2.24) is 26.6 Å². The minimum atomic E-state index is -1.63. The molecule has 2 aromatic carbocycles. The first-order valence-corrected chi connectivity index (χ1v) is 18.7. The lowest BCUT2D eigenvalue weighted by Crippen LogP contribution is -2.62. The zero-order valence-corrected chi connectivity index (χ0v) is 32.5. The Morgan fingerprint density at radius 1 is 0.750 bits per heavy atom. The van der Waals surface area contributed by atoms with Crippen LogP contribution in [0.2, 0.25) is 0 Å². The van der Waals surface area contributed by atoms with Crippen LogP contribution in [0.25, 0.3) is 0 Å². The quantitative estimate of drug-likeness (QED) is 0.0339. The molecule has 0 aromatic heterocycles.